The minimum absolute atomic E-state index is 0.447. The Morgan fingerprint density at radius 3 is 2.79 bits per heavy atom. The molecule has 1 aromatic heterocycles. The van der Waals surface area contributed by atoms with E-state index in [1.54, 1.807) is 0 Å². The SMILES string of the molecule is CC(C)CC1CNCCN1Cc1ccn(C(C)C)n1. The van der Waals surface area contributed by atoms with Gasteiger partial charge in [0.05, 0.1) is 5.69 Å². The van der Waals surface area contributed by atoms with E-state index in [0.29, 0.717) is 12.1 Å². The predicted octanol–water partition coefficient (Wildman–Crippen LogP) is 2.28. The van der Waals surface area contributed by atoms with Crippen molar-refractivity contribution >= 4 is 0 Å². The Morgan fingerprint density at radius 1 is 1.37 bits per heavy atom. The molecular formula is C15H28N4. The summed E-state index contributed by atoms with van der Waals surface area (Å²) >= 11 is 0. The lowest BCUT2D eigenvalue weighted by Crippen LogP contribution is -2.51. The lowest BCUT2D eigenvalue weighted by atomic mass is 10.0. The molecule has 1 aliphatic heterocycles. The Hall–Kier alpha value is -0.870. The van der Waals surface area contributed by atoms with Crippen LogP contribution in [0.15, 0.2) is 12.3 Å². The van der Waals surface area contributed by atoms with Crippen molar-refractivity contribution in [1.82, 2.24) is 20.0 Å². The van der Waals surface area contributed by atoms with Gasteiger partial charge in [0.2, 0.25) is 0 Å². The van der Waals surface area contributed by atoms with Gasteiger partial charge < -0.3 is 5.32 Å². The summed E-state index contributed by atoms with van der Waals surface area (Å²) in [6.07, 6.45) is 3.36. The highest BCUT2D eigenvalue weighted by Gasteiger charge is 2.23. The molecule has 108 valence electrons. The topological polar surface area (TPSA) is 33.1 Å². The fraction of sp³-hybridized carbons (Fsp3) is 0.800. The van der Waals surface area contributed by atoms with E-state index in [2.05, 4.69) is 60.0 Å². The Bertz CT molecular complexity index is 383. The first-order valence-corrected chi connectivity index (χ1v) is 7.55. The zero-order valence-electron chi connectivity index (χ0n) is 12.8. The molecule has 1 aromatic rings. The van der Waals surface area contributed by atoms with Crippen molar-refractivity contribution in [2.24, 2.45) is 5.92 Å². The molecule has 0 aromatic carbocycles. The highest BCUT2D eigenvalue weighted by Crippen LogP contribution is 2.16. The average molecular weight is 264 g/mol. The average Bonchev–Trinajstić information content (AvgIpc) is 2.80. The van der Waals surface area contributed by atoms with Crippen LogP contribution in [0.3, 0.4) is 0 Å². The Balaban J connectivity index is 1.98. The number of aromatic nitrogens is 2. The molecule has 1 aliphatic rings. The van der Waals surface area contributed by atoms with Gasteiger partial charge in [0.15, 0.2) is 0 Å². The number of nitrogens with zero attached hydrogens (tertiary/aromatic N) is 3. The van der Waals surface area contributed by atoms with Gasteiger partial charge in [-0.3, -0.25) is 9.58 Å². The van der Waals surface area contributed by atoms with E-state index in [0.717, 1.165) is 32.1 Å². The summed E-state index contributed by atoms with van der Waals surface area (Å²) in [5, 5.41) is 8.18. The van der Waals surface area contributed by atoms with Gasteiger partial charge in [0.25, 0.3) is 0 Å². The van der Waals surface area contributed by atoms with Crippen molar-refractivity contribution in [3.8, 4) is 0 Å². The van der Waals surface area contributed by atoms with E-state index in [9.17, 15) is 0 Å². The maximum atomic E-state index is 4.67. The first kappa shape index (κ1) is 14.5. The monoisotopic (exact) mass is 264 g/mol. The maximum absolute atomic E-state index is 4.67. The van der Waals surface area contributed by atoms with Crippen LogP contribution in [0.2, 0.25) is 0 Å². The molecule has 0 saturated carbocycles. The van der Waals surface area contributed by atoms with Gasteiger partial charge in [-0.15, -0.1) is 0 Å². The van der Waals surface area contributed by atoms with Crippen molar-refractivity contribution in [1.29, 1.82) is 0 Å². The minimum atomic E-state index is 0.447. The molecule has 1 atom stereocenters. The number of piperazine rings is 1. The Labute approximate surface area is 117 Å². The van der Waals surface area contributed by atoms with E-state index in [-0.39, 0.29) is 0 Å². The Kier molecular flexibility index (Phi) is 4.99. The van der Waals surface area contributed by atoms with E-state index in [1.165, 1.54) is 12.1 Å². The van der Waals surface area contributed by atoms with Crippen LogP contribution in [0.5, 0.6) is 0 Å². The first-order valence-electron chi connectivity index (χ1n) is 7.55. The molecule has 0 bridgehead atoms. The van der Waals surface area contributed by atoms with Crippen LogP contribution in [0.25, 0.3) is 0 Å². The van der Waals surface area contributed by atoms with Gasteiger partial charge in [0.1, 0.15) is 0 Å². The third kappa shape index (κ3) is 4.05. The summed E-state index contributed by atoms with van der Waals surface area (Å²) in [5.74, 6) is 0.751. The quantitative estimate of drug-likeness (QED) is 0.886. The van der Waals surface area contributed by atoms with Crippen LogP contribution in [0, 0.1) is 5.92 Å². The molecule has 4 nitrogen and oxygen atoms in total. The number of rotatable bonds is 5. The summed E-state index contributed by atoms with van der Waals surface area (Å²) in [6, 6.07) is 3.26. The van der Waals surface area contributed by atoms with Crippen molar-refractivity contribution in [3.63, 3.8) is 0 Å². The van der Waals surface area contributed by atoms with Crippen LogP contribution in [0.4, 0.5) is 0 Å². The van der Waals surface area contributed by atoms with Gasteiger partial charge in [-0.25, -0.2) is 0 Å². The highest BCUT2D eigenvalue weighted by atomic mass is 15.3. The third-order valence-electron chi connectivity index (χ3n) is 3.77. The molecule has 1 unspecified atom stereocenters. The van der Waals surface area contributed by atoms with Crippen LogP contribution in [-0.4, -0.2) is 40.4 Å². The van der Waals surface area contributed by atoms with Crippen molar-refractivity contribution < 1.29 is 0 Å². The van der Waals surface area contributed by atoms with Gasteiger partial charge in [0, 0.05) is 44.5 Å². The molecule has 0 amide bonds. The maximum Gasteiger partial charge on any atom is 0.0765 e. The molecule has 1 fully saturated rings. The smallest absolute Gasteiger partial charge is 0.0765 e. The highest BCUT2D eigenvalue weighted by molar-refractivity contribution is 5.00. The molecule has 0 aliphatic carbocycles. The number of hydrogen-bond acceptors (Lipinski definition) is 3. The fourth-order valence-corrected chi connectivity index (χ4v) is 2.75. The predicted molar refractivity (Wildman–Crippen MR) is 79.1 cm³/mol. The second kappa shape index (κ2) is 6.53. The number of hydrogen-bond donors (Lipinski definition) is 1. The second-order valence-electron chi connectivity index (χ2n) is 6.34. The first-order chi connectivity index (χ1) is 9.06. The molecule has 2 heterocycles. The normalized spacial score (nSPS) is 21.5. The van der Waals surface area contributed by atoms with Gasteiger partial charge >= 0.3 is 0 Å². The number of nitrogens with one attached hydrogen (secondary N) is 1. The molecule has 0 spiro atoms. The lowest BCUT2D eigenvalue weighted by molar-refractivity contribution is 0.132. The standard InChI is InChI=1S/C15H28N4/c1-12(2)9-15-10-16-6-8-18(15)11-14-5-7-19(17-14)13(3)4/h5,7,12-13,15-16H,6,8-11H2,1-4H3. The molecular weight excluding hydrogens is 236 g/mol. The molecule has 1 N–H and O–H groups in total. The van der Waals surface area contributed by atoms with Crippen LogP contribution >= 0.6 is 0 Å². The summed E-state index contributed by atoms with van der Waals surface area (Å²) in [7, 11) is 0. The lowest BCUT2D eigenvalue weighted by Gasteiger charge is -2.36. The van der Waals surface area contributed by atoms with E-state index in [1.807, 2.05) is 0 Å². The largest absolute Gasteiger partial charge is 0.314 e. The molecule has 2 rings (SSSR count). The minimum Gasteiger partial charge on any atom is -0.314 e. The van der Waals surface area contributed by atoms with Crippen LogP contribution in [-0.2, 0) is 6.54 Å². The van der Waals surface area contributed by atoms with Gasteiger partial charge in [-0.2, -0.15) is 5.10 Å². The Morgan fingerprint density at radius 2 is 2.16 bits per heavy atom. The van der Waals surface area contributed by atoms with Gasteiger partial charge in [-0.05, 0) is 32.3 Å². The van der Waals surface area contributed by atoms with Crippen LogP contribution < -0.4 is 5.32 Å². The summed E-state index contributed by atoms with van der Waals surface area (Å²) in [5.41, 5.74) is 1.20. The summed E-state index contributed by atoms with van der Waals surface area (Å²) < 4.78 is 2.05. The third-order valence-corrected chi connectivity index (χ3v) is 3.77. The van der Waals surface area contributed by atoms with E-state index < -0.39 is 0 Å². The van der Waals surface area contributed by atoms with Crippen molar-refractivity contribution in [2.45, 2.75) is 52.7 Å². The molecule has 0 radical (unpaired) electrons. The zero-order chi connectivity index (χ0) is 13.8. The molecule has 1 saturated heterocycles. The van der Waals surface area contributed by atoms with E-state index in [4.69, 9.17) is 0 Å². The van der Waals surface area contributed by atoms with E-state index >= 15 is 0 Å². The second-order valence-corrected chi connectivity index (χ2v) is 6.34. The van der Waals surface area contributed by atoms with Gasteiger partial charge in [-0.1, -0.05) is 13.8 Å². The summed E-state index contributed by atoms with van der Waals surface area (Å²) in [4.78, 5) is 2.59. The molecule has 19 heavy (non-hydrogen) atoms. The summed E-state index contributed by atoms with van der Waals surface area (Å²) in [6.45, 7) is 13.3. The fourth-order valence-electron chi connectivity index (χ4n) is 2.75. The zero-order valence-corrected chi connectivity index (χ0v) is 12.8. The van der Waals surface area contributed by atoms with Crippen LogP contribution in [0.1, 0.15) is 45.9 Å². The molecule has 4 heteroatoms. The van der Waals surface area contributed by atoms with Crippen molar-refractivity contribution in [3.05, 3.63) is 18.0 Å². The van der Waals surface area contributed by atoms with Crippen molar-refractivity contribution in [2.75, 3.05) is 19.6 Å².